The molecular formula is C21H20N4O4S. The Balaban J connectivity index is 1.45. The summed E-state index contributed by atoms with van der Waals surface area (Å²) in [5.74, 6) is 0.829. The number of non-ortho nitro benzene ring substituents is 1. The maximum absolute atomic E-state index is 12.0. The molecule has 2 heterocycles. The van der Waals surface area contributed by atoms with Gasteiger partial charge in [-0.3, -0.25) is 10.1 Å². The predicted octanol–water partition coefficient (Wildman–Crippen LogP) is 4.06. The van der Waals surface area contributed by atoms with Gasteiger partial charge in [-0.1, -0.05) is 19.1 Å². The van der Waals surface area contributed by atoms with Crippen LogP contribution in [0.4, 0.5) is 11.5 Å². The van der Waals surface area contributed by atoms with E-state index in [1.165, 1.54) is 34.7 Å². The molecule has 2 N–H and O–H groups in total. The summed E-state index contributed by atoms with van der Waals surface area (Å²) < 4.78 is 5.21. The molecule has 1 aliphatic rings. The number of hydrogen-bond donors (Lipinski definition) is 1. The maximum atomic E-state index is 12.0. The largest absolute Gasteiger partial charge is 0.454 e. The number of thiophene rings is 1. The maximum Gasteiger partial charge on any atom is 0.331 e. The molecular weight excluding hydrogens is 404 g/mol. The number of nitro benzene ring substituents is 1. The number of benzene rings is 1. The number of aromatic nitrogens is 2. The lowest BCUT2D eigenvalue weighted by atomic mass is 9.89. The van der Waals surface area contributed by atoms with E-state index >= 15 is 0 Å². The van der Waals surface area contributed by atoms with Gasteiger partial charge in [-0.25, -0.2) is 14.8 Å². The van der Waals surface area contributed by atoms with Gasteiger partial charge in [0.05, 0.1) is 10.3 Å². The summed E-state index contributed by atoms with van der Waals surface area (Å²) >= 11 is 1.64. The van der Waals surface area contributed by atoms with E-state index in [2.05, 4.69) is 16.9 Å². The van der Waals surface area contributed by atoms with Gasteiger partial charge in [0.25, 0.3) is 5.69 Å². The molecule has 2 aromatic heterocycles. The van der Waals surface area contributed by atoms with E-state index in [1.54, 1.807) is 23.5 Å². The third-order valence-electron chi connectivity index (χ3n) is 5.07. The Kier molecular flexibility index (Phi) is 5.45. The van der Waals surface area contributed by atoms with Crippen LogP contribution < -0.4 is 5.73 Å². The number of anilines is 1. The van der Waals surface area contributed by atoms with Crippen molar-refractivity contribution in [2.75, 3.05) is 5.73 Å². The minimum absolute atomic E-state index is 0.0456. The lowest BCUT2D eigenvalue weighted by molar-refractivity contribution is -0.384. The quantitative estimate of drug-likeness (QED) is 0.284. The summed E-state index contributed by atoms with van der Waals surface area (Å²) in [4.78, 5) is 33.4. The summed E-state index contributed by atoms with van der Waals surface area (Å²) in [6.07, 6.45) is 5.83. The number of carbonyl (C=O) groups is 1. The van der Waals surface area contributed by atoms with E-state index in [0.717, 1.165) is 29.5 Å². The molecule has 0 spiro atoms. The minimum atomic E-state index is -0.594. The fourth-order valence-electron chi connectivity index (χ4n) is 3.57. The number of aryl methyl sites for hydroxylation is 1. The molecule has 4 rings (SSSR count). The molecule has 0 aliphatic heterocycles. The van der Waals surface area contributed by atoms with Gasteiger partial charge in [0.1, 0.15) is 10.6 Å². The molecule has 0 saturated heterocycles. The number of esters is 1. The van der Waals surface area contributed by atoms with E-state index in [4.69, 9.17) is 10.5 Å². The van der Waals surface area contributed by atoms with Crippen LogP contribution in [0.3, 0.4) is 0 Å². The van der Waals surface area contributed by atoms with E-state index in [0.29, 0.717) is 23.1 Å². The molecule has 0 saturated carbocycles. The standard InChI is InChI=1S/C21H20N4O4S/c1-12-5-7-15-16(9-12)30-21-19(15)20(22)23-17(24-21)11-29-18(26)8-6-13-3-2-4-14(10-13)25(27)28/h2-4,6,8,10,12H,5,7,9,11H2,1H3,(H2,22,23,24). The van der Waals surface area contributed by atoms with Crippen LogP contribution in [0, 0.1) is 16.0 Å². The van der Waals surface area contributed by atoms with E-state index in [1.807, 2.05) is 0 Å². The zero-order valence-corrected chi connectivity index (χ0v) is 17.1. The zero-order valence-electron chi connectivity index (χ0n) is 16.3. The van der Waals surface area contributed by atoms with Gasteiger partial charge in [0, 0.05) is 23.1 Å². The lowest BCUT2D eigenvalue weighted by Gasteiger charge is -2.17. The van der Waals surface area contributed by atoms with Crippen molar-refractivity contribution in [3.8, 4) is 0 Å². The van der Waals surface area contributed by atoms with Gasteiger partial charge < -0.3 is 10.5 Å². The first kappa shape index (κ1) is 20.0. The Hall–Kier alpha value is -3.33. The smallest absolute Gasteiger partial charge is 0.331 e. The first-order valence-electron chi connectivity index (χ1n) is 9.56. The SMILES string of the molecule is CC1CCc2c(sc3nc(COC(=O)C=Cc4cccc([N+](=O)[O-])c4)nc(N)c23)C1. The highest BCUT2D eigenvalue weighted by molar-refractivity contribution is 7.19. The second-order valence-electron chi connectivity index (χ2n) is 7.35. The van der Waals surface area contributed by atoms with Gasteiger partial charge in [-0.05, 0) is 42.4 Å². The highest BCUT2D eigenvalue weighted by Crippen LogP contribution is 2.39. The average molecular weight is 424 g/mol. The number of nitrogens with two attached hydrogens (primary N) is 1. The van der Waals surface area contributed by atoms with Crippen molar-refractivity contribution in [1.82, 2.24) is 9.97 Å². The highest BCUT2D eigenvalue weighted by atomic mass is 32.1. The first-order valence-corrected chi connectivity index (χ1v) is 10.4. The summed E-state index contributed by atoms with van der Waals surface area (Å²) in [5.41, 5.74) is 7.93. The van der Waals surface area contributed by atoms with E-state index in [-0.39, 0.29) is 12.3 Å². The first-order chi connectivity index (χ1) is 14.4. The Bertz CT molecular complexity index is 1170. The molecule has 9 heteroatoms. The predicted molar refractivity (Wildman–Crippen MR) is 115 cm³/mol. The normalized spacial score (nSPS) is 16.0. The fraction of sp³-hybridized carbons (Fsp3) is 0.286. The number of rotatable bonds is 5. The average Bonchev–Trinajstić information content (AvgIpc) is 3.08. The van der Waals surface area contributed by atoms with Gasteiger partial charge in [-0.2, -0.15) is 0 Å². The third kappa shape index (κ3) is 4.16. The van der Waals surface area contributed by atoms with Crippen molar-refractivity contribution in [2.45, 2.75) is 32.8 Å². The van der Waals surface area contributed by atoms with Crippen molar-refractivity contribution >= 4 is 45.1 Å². The van der Waals surface area contributed by atoms with E-state index in [9.17, 15) is 14.9 Å². The molecule has 0 amide bonds. The molecule has 1 unspecified atom stereocenters. The Morgan fingerprint density at radius 3 is 3.07 bits per heavy atom. The van der Waals surface area contributed by atoms with Gasteiger partial charge in [0.15, 0.2) is 12.4 Å². The lowest BCUT2D eigenvalue weighted by Crippen LogP contribution is -2.09. The molecule has 1 atom stereocenters. The van der Waals surface area contributed by atoms with Crippen LogP contribution in [0.2, 0.25) is 0 Å². The van der Waals surface area contributed by atoms with Crippen molar-refractivity contribution < 1.29 is 14.5 Å². The summed E-state index contributed by atoms with van der Waals surface area (Å²) in [6, 6.07) is 5.97. The molecule has 30 heavy (non-hydrogen) atoms. The number of nitro groups is 1. The minimum Gasteiger partial charge on any atom is -0.454 e. The number of nitrogens with zero attached hydrogens (tertiary/aromatic N) is 3. The fourth-order valence-corrected chi connectivity index (χ4v) is 4.98. The molecule has 0 fully saturated rings. The number of fused-ring (bicyclic) bond motifs is 3. The van der Waals surface area contributed by atoms with E-state index < -0.39 is 10.9 Å². The number of carbonyl (C=O) groups excluding carboxylic acids is 1. The third-order valence-corrected chi connectivity index (χ3v) is 6.21. The van der Waals surface area contributed by atoms with Crippen LogP contribution in [-0.4, -0.2) is 20.9 Å². The van der Waals surface area contributed by atoms with Crippen molar-refractivity contribution in [2.24, 2.45) is 5.92 Å². The topological polar surface area (TPSA) is 121 Å². The Labute approximate surface area is 176 Å². The van der Waals surface area contributed by atoms with Crippen molar-refractivity contribution in [3.63, 3.8) is 0 Å². The number of ether oxygens (including phenoxy) is 1. The Morgan fingerprint density at radius 1 is 1.43 bits per heavy atom. The van der Waals surface area contributed by atoms with Crippen molar-refractivity contribution in [3.05, 3.63) is 62.3 Å². The van der Waals surface area contributed by atoms with Crippen molar-refractivity contribution in [1.29, 1.82) is 0 Å². The molecule has 3 aromatic rings. The molecule has 1 aliphatic carbocycles. The van der Waals surface area contributed by atoms with Crippen LogP contribution in [0.15, 0.2) is 30.3 Å². The number of nitrogen functional groups attached to an aromatic ring is 1. The van der Waals surface area contributed by atoms with Gasteiger partial charge >= 0.3 is 5.97 Å². The van der Waals surface area contributed by atoms with Gasteiger partial charge in [0.2, 0.25) is 0 Å². The molecule has 0 radical (unpaired) electrons. The molecule has 1 aromatic carbocycles. The molecule has 0 bridgehead atoms. The van der Waals surface area contributed by atoms with Gasteiger partial charge in [-0.15, -0.1) is 11.3 Å². The number of hydrogen-bond acceptors (Lipinski definition) is 8. The summed E-state index contributed by atoms with van der Waals surface area (Å²) in [7, 11) is 0. The summed E-state index contributed by atoms with van der Waals surface area (Å²) in [5, 5.41) is 11.8. The summed E-state index contributed by atoms with van der Waals surface area (Å²) in [6.45, 7) is 2.14. The molecule has 154 valence electrons. The van der Waals surface area contributed by atoms with Crippen LogP contribution in [0.25, 0.3) is 16.3 Å². The van der Waals surface area contributed by atoms with Crippen LogP contribution in [0.1, 0.15) is 35.2 Å². The monoisotopic (exact) mass is 424 g/mol. The second-order valence-corrected chi connectivity index (χ2v) is 8.43. The van der Waals surface area contributed by atoms with Crippen LogP contribution in [0.5, 0.6) is 0 Å². The second kappa shape index (κ2) is 8.19. The Morgan fingerprint density at radius 2 is 2.27 bits per heavy atom. The molecule has 8 nitrogen and oxygen atoms in total. The van der Waals surface area contributed by atoms with Crippen LogP contribution in [-0.2, 0) is 29.0 Å². The van der Waals surface area contributed by atoms with Crippen LogP contribution >= 0.6 is 11.3 Å². The zero-order chi connectivity index (χ0) is 21.3. The highest BCUT2D eigenvalue weighted by Gasteiger charge is 2.23.